The zero-order valence-corrected chi connectivity index (χ0v) is 14.6. The zero-order chi connectivity index (χ0) is 19.4. The summed E-state index contributed by atoms with van der Waals surface area (Å²) in [5.74, 6) is -0.360. The van der Waals surface area contributed by atoms with E-state index >= 15 is 0 Å². The van der Waals surface area contributed by atoms with Crippen molar-refractivity contribution in [2.45, 2.75) is 19.8 Å². The molecule has 1 saturated carbocycles. The summed E-state index contributed by atoms with van der Waals surface area (Å²) in [7, 11) is 0. The second-order valence-electron chi connectivity index (χ2n) is 6.29. The van der Waals surface area contributed by atoms with Gasteiger partial charge >= 0.3 is 0 Å². The van der Waals surface area contributed by atoms with Crippen LogP contribution in [-0.2, 0) is 4.79 Å². The van der Waals surface area contributed by atoms with Crippen LogP contribution < -0.4 is 10.7 Å². The summed E-state index contributed by atoms with van der Waals surface area (Å²) < 4.78 is 0. The van der Waals surface area contributed by atoms with Crippen molar-refractivity contribution in [2.75, 3.05) is 5.32 Å². The van der Waals surface area contributed by atoms with E-state index in [1.165, 1.54) is 24.3 Å². The molecule has 0 bridgehead atoms. The third-order valence-electron chi connectivity index (χ3n) is 4.16. The third kappa shape index (κ3) is 4.75. The largest absolute Gasteiger partial charge is 0.326 e. The van der Waals surface area contributed by atoms with E-state index in [1.54, 1.807) is 31.2 Å². The third-order valence-corrected chi connectivity index (χ3v) is 4.16. The fraction of sp³-hybridized carbons (Fsp3) is 0.211. The summed E-state index contributed by atoms with van der Waals surface area (Å²) in [5, 5.41) is 17.7. The minimum Gasteiger partial charge on any atom is -0.326 e. The van der Waals surface area contributed by atoms with Gasteiger partial charge in [-0.2, -0.15) is 5.10 Å². The Morgan fingerprint density at radius 3 is 2.44 bits per heavy atom. The van der Waals surface area contributed by atoms with Crippen molar-refractivity contribution >= 4 is 28.9 Å². The number of non-ortho nitro benzene ring substituents is 1. The van der Waals surface area contributed by atoms with Crippen molar-refractivity contribution in [3.8, 4) is 0 Å². The van der Waals surface area contributed by atoms with Crippen LogP contribution >= 0.6 is 0 Å². The fourth-order valence-electron chi connectivity index (χ4n) is 2.41. The summed E-state index contributed by atoms with van der Waals surface area (Å²) in [5.41, 5.74) is 4.43. The van der Waals surface area contributed by atoms with Gasteiger partial charge in [0.25, 0.3) is 11.6 Å². The Labute approximate surface area is 155 Å². The van der Waals surface area contributed by atoms with Crippen LogP contribution in [0.5, 0.6) is 0 Å². The van der Waals surface area contributed by atoms with E-state index in [0.717, 1.165) is 18.4 Å². The molecule has 0 radical (unpaired) electrons. The molecule has 0 atom stereocenters. The van der Waals surface area contributed by atoms with Gasteiger partial charge in [-0.1, -0.05) is 18.2 Å². The van der Waals surface area contributed by atoms with Crippen molar-refractivity contribution in [3.63, 3.8) is 0 Å². The molecule has 0 heterocycles. The molecular formula is C19H18N4O4. The number of nitro benzene ring substituents is 1. The Kier molecular flexibility index (Phi) is 5.25. The standard InChI is InChI=1S/C19H18N4O4/c1-12(13-7-9-16(10-8-13)20-18(24)14-5-6-14)21-22-19(25)15-3-2-4-17(11-15)23(26)27/h2-4,7-11,14H,5-6H2,1H3,(H,20,24)(H,22,25). The van der Waals surface area contributed by atoms with E-state index < -0.39 is 10.8 Å². The normalized spacial score (nSPS) is 13.7. The van der Waals surface area contributed by atoms with Crippen LogP contribution in [0.15, 0.2) is 53.6 Å². The molecule has 1 fully saturated rings. The predicted molar refractivity (Wildman–Crippen MR) is 101 cm³/mol. The number of anilines is 1. The highest BCUT2D eigenvalue weighted by atomic mass is 16.6. The van der Waals surface area contributed by atoms with Crippen LogP contribution in [0.1, 0.15) is 35.7 Å². The molecule has 2 N–H and O–H groups in total. The van der Waals surface area contributed by atoms with Crippen molar-refractivity contribution in [1.29, 1.82) is 0 Å². The number of hydrogen-bond donors (Lipinski definition) is 2. The van der Waals surface area contributed by atoms with E-state index in [9.17, 15) is 19.7 Å². The quantitative estimate of drug-likeness (QED) is 0.464. The lowest BCUT2D eigenvalue weighted by atomic mass is 10.1. The van der Waals surface area contributed by atoms with Gasteiger partial charge in [-0.3, -0.25) is 19.7 Å². The summed E-state index contributed by atoms with van der Waals surface area (Å²) in [6, 6.07) is 12.6. The molecule has 0 saturated heterocycles. The number of carbonyl (C=O) groups excluding carboxylic acids is 2. The first kappa shape index (κ1) is 18.2. The molecule has 0 aliphatic heterocycles. The smallest absolute Gasteiger partial charge is 0.271 e. The van der Waals surface area contributed by atoms with Gasteiger partial charge in [-0.15, -0.1) is 0 Å². The van der Waals surface area contributed by atoms with Gasteiger partial charge in [0, 0.05) is 29.3 Å². The highest BCUT2D eigenvalue weighted by molar-refractivity contribution is 6.01. The van der Waals surface area contributed by atoms with Crippen LogP contribution in [0, 0.1) is 16.0 Å². The first-order chi connectivity index (χ1) is 12.9. The molecule has 138 valence electrons. The van der Waals surface area contributed by atoms with E-state index in [2.05, 4.69) is 15.8 Å². The molecule has 1 aliphatic carbocycles. The fourth-order valence-corrected chi connectivity index (χ4v) is 2.41. The van der Waals surface area contributed by atoms with Gasteiger partial charge in [0.05, 0.1) is 10.6 Å². The molecule has 0 spiro atoms. The van der Waals surface area contributed by atoms with Gasteiger partial charge < -0.3 is 5.32 Å². The van der Waals surface area contributed by atoms with E-state index in [1.807, 2.05) is 0 Å². The minimum atomic E-state index is -0.561. The molecule has 8 nitrogen and oxygen atoms in total. The van der Waals surface area contributed by atoms with Crippen LogP contribution in [0.2, 0.25) is 0 Å². The van der Waals surface area contributed by atoms with Crippen molar-refractivity contribution in [2.24, 2.45) is 11.0 Å². The summed E-state index contributed by atoms with van der Waals surface area (Å²) >= 11 is 0. The number of rotatable bonds is 6. The Morgan fingerprint density at radius 2 is 1.81 bits per heavy atom. The lowest BCUT2D eigenvalue weighted by Crippen LogP contribution is -2.19. The molecule has 0 unspecified atom stereocenters. The molecule has 3 rings (SSSR count). The lowest BCUT2D eigenvalue weighted by molar-refractivity contribution is -0.384. The number of hydrogen-bond acceptors (Lipinski definition) is 5. The Morgan fingerprint density at radius 1 is 1.11 bits per heavy atom. The zero-order valence-electron chi connectivity index (χ0n) is 14.6. The topological polar surface area (TPSA) is 114 Å². The molecule has 2 aromatic carbocycles. The number of hydrazone groups is 1. The molecule has 0 aromatic heterocycles. The maximum atomic E-state index is 12.1. The summed E-state index contributed by atoms with van der Waals surface area (Å²) in [6.07, 6.45) is 1.89. The van der Waals surface area contributed by atoms with Crippen LogP contribution in [0.4, 0.5) is 11.4 Å². The number of nitrogens with zero attached hydrogens (tertiary/aromatic N) is 2. The number of nitrogens with one attached hydrogen (secondary N) is 2. The van der Waals surface area contributed by atoms with E-state index in [-0.39, 0.29) is 23.1 Å². The second-order valence-corrected chi connectivity index (χ2v) is 6.29. The predicted octanol–water partition coefficient (Wildman–Crippen LogP) is 3.10. The molecule has 8 heteroatoms. The van der Waals surface area contributed by atoms with Crippen LogP contribution in [0.25, 0.3) is 0 Å². The first-order valence-corrected chi connectivity index (χ1v) is 8.44. The molecule has 2 aromatic rings. The maximum absolute atomic E-state index is 12.1. The molecule has 1 aliphatic rings. The average Bonchev–Trinajstić information content (AvgIpc) is 3.52. The van der Waals surface area contributed by atoms with Gasteiger partial charge in [-0.05, 0) is 43.5 Å². The number of nitro groups is 1. The number of carbonyl (C=O) groups is 2. The average molecular weight is 366 g/mol. The van der Waals surface area contributed by atoms with Crippen molar-refractivity contribution in [1.82, 2.24) is 5.43 Å². The molecule has 2 amide bonds. The van der Waals surface area contributed by atoms with Crippen molar-refractivity contribution < 1.29 is 14.5 Å². The maximum Gasteiger partial charge on any atom is 0.271 e. The minimum absolute atomic E-state index is 0.0392. The van der Waals surface area contributed by atoms with Gasteiger partial charge in [0.2, 0.25) is 5.91 Å². The second kappa shape index (κ2) is 7.77. The lowest BCUT2D eigenvalue weighted by Gasteiger charge is -2.06. The van der Waals surface area contributed by atoms with Crippen LogP contribution in [-0.4, -0.2) is 22.4 Å². The Bertz CT molecular complexity index is 918. The Balaban J connectivity index is 1.62. The summed E-state index contributed by atoms with van der Waals surface area (Å²) in [6.45, 7) is 1.73. The van der Waals surface area contributed by atoms with E-state index in [4.69, 9.17) is 0 Å². The van der Waals surface area contributed by atoms with Gasteiger partial charge in [0.1, 0.15) is 0 Å². The van der Waals surface area contributed by atoms with Crippen molar-refractivity contribution in [3.05, 3.63) is 69.8 Å². The first-order valence-electron chi connectivity index (χ1n) is 8.44. The highest BCUT2D eigenvalue weighted by Crippen LogP contribution is 2.30. The SMILES string of the molecule is CC(=NNC(=O)c1cccc([N+](=O)[O-])c1)c1ccc(NC(=O)C2CC2)cc1. The number of benzene rings is 2. The van der Waals surface area contributed by atoms with Crippen LogP contribution in [0.3, 0.4) is 0 Å². The molecular weight excluding hydrogens is 348 g/mol. The molecule has 27 heavy (non-hydrogen) atoms. The summed E-state index contributed by atoms with van der Waals surface area (Å²) in [4.78, 5) is 34.1. The highest BCUT2D eigenvalue weighted by Gasteiger charge is 2.29. The Hall–Kier alpha value is -3.55. The monoisotopic (exact) mass is 366 g/mol. The number of amides is 2. The van der Waals surface area contributed by atoms with Gasteiger partial charge in [-0.25, -0.2) is 5.43 Å². The van der Waals surface area contributed by atoms with E-state index in [0.29, 0.717) is 11.4 Å². The van der Waals surface area contributed by atoms with Gasteiger partial charge in [0.15, 0.2) is 0 Å².